The molecule has 0 aliphatic carbocycles. The van der Waals surface area contributed by atoms with E-state index in [2.05, 4.69) is 5.32 Å². The molecule has 18 heavy (non-hydrogen) atoms. The number of hydrogen-bond donors (Lipinski definition) is 1. The number of hydrogen-bond acceptors (Lipinski definition) is 2. The van der Waals surface area contributed by atoms with E-state index in [-0.39, 0.29) is 11.9 Å². The molecule has 1 aliphatic heterocycles. The van der Waals surface area contributed by atoms with Gasteiger partial charge in [0.25, 0.3) is 0 Å². The Labute approximate surface area is 113 Å². The van der Waals surface area contributed by atoms with Gasteiger partial charge in [0.1, 0.15) is 0 Å². The Morgan fingerprint density at radius 1 is 1.11 bits per heavy atom. The third kappa shape index (κ3) is 4.72. The van der Waals surface area contributed by atoms with Gasteiger partial charge in [0.2, 0.25) is 5.91 Å². The Morgan fingerprint density at radius 3 is 2.28 bits per heavy atom. The van der Waals surface area contributed by atoms with E-state index >= 15 is 0 Å². The van der Waals surface area contributed by atoms with Crippen molar-refractivity contribution in [1.29, 1.82) is 0 Å². The van der Waals surface area contributed by atoms with Crippen molar-refractivity contribution >= 4 is 23.5 Å². The average Bonchev–Trinajstić information content (AvgIpc) is 2.39. The van der Waals surface area contributed by atoms with E-state index < -0.39 is 0 Å². The van der Waals surface area contributed by atoms with Crippen molar-refractivity contribution in [3.8, 4) is 0 Å². The van der Waals surface area contributed by atoms with Gasteiger partial charge >= 0.3 is 6.03 Å². The summed E-state index contributed by atoms with van der Waals surface area (Å²) >= 11 is 5.58. The molecule has 1 fully saturated rings. The van der Waals surface area contributed by atoms with Crippen molar-refractivity contribution < 1.29 is 9.59 Å². The molecule has 0 unspecified atom stereocenters. The van der Waals surface area contributed by atoms with E-state index in [1.165, 1.54) is 0 Å². The van der Waals surface area contributed by atoms with Crippen LogP contribution >= 0.6 is 11.6 Å². The maximum atomic E-state index is 11.8. The number of unbranched alkanes of at least 4 members (excludes halogenated alkanes) is 1. The monoisotopic (exact) mass is 275 g/mol. The smallest absolute Gasteiger partial charge is 0.317 e. The molecule has 3 amide bonds. The van der Waals surface area contributed by atoms with Crippen LogP contribution in [0.3, 0.4) is 0 Å². The van der Waals surface area contributed by atoms with Crippen LogP contribution in [0, 0.1) is 0 Å². The van der Waals surface area contributed by atoms with E-state index in [0.717, 1.165) is 12.8 Å². The summed E-state index contributed by atoms with van der Waals surface area (Å²) in [4.78, 5) is 27.0. The first-order valence-corrected chi connectivity index (χ1v) is 7.09. The summed E-state index contributed by atoms with van der Waals surface area (Å²) in [6, 6.07) is -0.0354. The second-order valence-corrected chi connectivity index (χ2v) is 4.73. The van der Waals surface area contributed by atoms with Crippen LogP contribution in [0.25, 0.3) is 0 Å². The van der Waals surface area contributed by atoms with Crippen molar-refractivity contribution in [2.75, 3.05) is 38.6 Å². The second-order valence-electron chi connectivity index (χ2n) is 4.35. The molecule has 0 aromatic rings. The first kappa shape index (κ1) is 15.1. The van der Waals surface area contributed by atoms with Gasteiger partial charge in [-0.05, 0) is 19.8 Å². The minimum atomic E-state index is -0.0354. The van der Waals surface area contributed by atoms with E-state index in [0.29, 0.717) is 45.0 Å². The summed E-state index contributed by atoms with van der Waals surface area (Å²) in [5.74, 6) is 0.786. The van der Waals surface area contributed by atoms with E-state index in [1.807, 2.05) is 11.8 Å². The number of urea groups is 1. The molecule has 6 heteroatoms. The Morgan fingerprint density at radius 2 is 1.72 bits per heavy atom. The lowest BCUT2D eigenvalue weighted by molar-refractivity contribution is -0.132. The van der Waals surface area contributed by atoms with Gasteiger partial charge < -0.3 is 15.1 Å². The quantitative estimate of drug-likeness (QED) is 0.607. The zero-order valence-corrected chi connectivity index (χ0v) is 11.7. The summed E-state index contributed by atoms with van der Waals surface area (Å²) in [5, 5.41) is 2.77. The van der Waals surface area contributed by atoms with E-state index in [1.54, 1.807) is 4.90 Å². The predicted molar refractivity (Wildman–Crippen MR) is 71.8 cm³/mol. The molecule has 0 aromatic heterocycles. The number of alkyl halides is 1. The van der Waals surface area contributed by atoms with Gasteiger partial charge in [-0.2, -0.15) is 0 Å². The second kappa shape index (κ2) is 8.19. The maximum Gasteiger partial charge on any atom is 0.317 e. The number of nitrogens with zero attached hydrogens (tertiary/aromatic N) is 2. The van der Waals surface area contributed by atoms with Crippen molar-refractivity contribution in [2.45, 2.75) is 26.2 Å². The van der Waals surface area contributed by atoms with E-state index in [4.69, 9.17) is 11.6 Å². The largest absolute Gasteiger partial charge is 0.339 e. The SMILES string of the molecule is CCNC(=O)N1CCN(C(=O)CCCCCl)CC1. The predicted octanol–water partition coefficient (Wildman–Crippen LogP) is 1.27. The number of halogens is 1. The molecule has 1 heterocycles. The van der Waals surface area contributed by atoms with Gasteiger partial charge in [-0.1, -0.05) is 0 Å². The minimum Gasteiger partial charge on any atom is -0.339 e. The molecule has 104 valence electrons. The number of rotatable bonds is 5. The third-order valence-electron chi connectivity index (χ3n) is 3.02. The van der Waals surface area contributed by atoms with Crippen LogP contribution in [0.5, 0.6) is 0 Å². The molecular formula is C12H22ClN3O2. The average molecular weight is 276 g/mol. The molecular weight excluding hydrogens is 254 g/mol. The zero-order valence-electron chi connectivity index (χ0n) is 11.0. The fourth-order valence-corrected chi connectivity index (χ4v) is 2.14. The molecule has 1 aliphatic rings. The fourth-order valence-electron chi connectivity index (χ4n) is 1.95. The topological polar surface area (TPSA) is 52.7 Å². The fraction of sp³-hybridized carbons (Fsp3) is 0.833. The molecule has 0 bridgehead atoms. The van der Waals surface area contributed by atoms with Crippen LogP contribution in [0.2, 0.25) is 0 Å². The molecule has 0 aromatic carbocycles. The van der Waals surface area contributed by atoms with Crippen molar-refractivity contribution in [1.82, 2.24) is 15.1 Å². The van der Waals surface area contributed by atoms with Crippen LogP contribution in [-0.4, -0.2) is 60.3 Å². The van der Waals surface area contributed by atoms with Crippen molar-refractivity contribution in [2.24, 2.45) is 0 Å². The first-order chi connectivity index (χ1) is 8.69. The Hall–Kier alpha value is -0.970. The van der Waals surface area contributed by atoms with Crippen LogP contribution in [0.1, 0.15) is 26.2 Å². The van der Waals surface area contributed by atoms with Gasteiger partial charge in [-0.25, -0.2) is 4.79 Å². The molecule has 0 saturated carbocycles. The molecule has 1 rings (SSSR count). The maximum absolute atomic E-state index is 11.8. The molecule has 0 radical (unpaired) electrons. The first-order valence-electron chi connectivity index (χ1n) is 6.55. The Kier molecular flexibility index (Phi) is 6.86. The van der Waals surface area contributed by atoms with Gasteiger partial charge in [0.15, 0.2) is 0 Å². The summed E-state index contributed by atoms with van der Waals surface area (Å²) in [7, 11) is 0. The van der Waals surface area contributed by atoms with Crippen LogP contribution in [0.4, 0.5) is 4.79 Å². The van der Waals surface area contributed by atoms with Gasteiger partial charge in [-0.15, -0.1) is 11.6 Å². The summed E-state index contributed by atoms with van der Waals surface area (Å²) < 4.78 is 0. The highest BCUT2D eigenvalue weighted by Gasteiger charge is 2.23. The third-order valence-corrected chi connectivity index (χ3v) is 3.29. The molecule has 1 saturated heterocycles. The molecule has 0 atom stereocenters. The Balaban J connectivity index is 2.26. The number of carbonyl (C=O) groups excluding carboxylic acids is 2. The summed E-state index contributed by atoms with van der Waals surface area (Å²) in [6.07, 6.45) is 2.29. The standard InChI is InChI=1S/C12H22ClN3O2/c1-2-14-12(18)16-9-7-15(8-10-16)11(17)5-3-4-6-13/h2-10H2,1H3,(H,14,18). The lowest BCUT2D eigenvalue weighted by Gasteiger charge is -2.34. The highest BCUT2D eigenvalue weighted by Crippen LogP contribution is 2.07. The number of nitrogens with one attached hydrogen (secondary N) is 1. The van der Waals surface area contributed by atoms with E-state index in [9.17, 15) is 9.59 Å². The van der Waals surface area contributed by atoms with Crippen LogP contribution in [0.15, 0.2) is 0 Å². The van der Waals surface area contributed by atoms with Crippen LogP contribution < -0.4 is 5.32 Å². The number of amides is 3. The van der Waals surface area contributed by atoms with Gasteiger partial charge in [0.05, 0.1) is 0 Å². The Bertz CT molecular complexity index is 278. The lowest BCUT2D eigenvalue weighted by Crippen LogP contribution is -2.53. The zero-order chi connectivity index (χ0) is 13.4. The van der Waals surface area contributed by atoms with Crippen LogP contribution in [-0.2, 0) is 4.79 Å². The highest BCUT2D eigenvalue weighted by atomic mass is 35.5. The molecule has 0 spiro atoms. The van der Waals surface area contributed by atoms with Gasteiger partial charge in [-0.3, -0.25) is 4.79 Å². The van der Waals surface area contributed by atoms with Crippen molar-refractivity contribution in [3.05, 3.63) is 0 Å². The number of carbonyl (C=O) groups is 2. The normalized spacial score (nSPS) is 15.7. The van der Waals surface area contributed by atoms with Gasteiger partial charge in [0, 0.05) is 45.0 Å². The molecule has 1 N–H and O–H groups in total. The lowest BCUT2D eigenvalue weighted by atomic mass is 10.2. The number of piperazine rings is 1. The summed E-state index contributed by atoms with van der Waals surface area (Å²) in [5.41, 5.74) is 0. The summed E-state index contributed by atoms with van der Waals surface area (Å²) in [6.45, 7) is 5.04. The highest BCUT2D eigenvalue weighted by molar-refractivity contribution is 6.17. The molecule has 5 nitrogen and oxygen atoms in total. The van der Waals surface area contributed by atoms with Crippen molar-refractivity contribution in [3.63, 3.8) is 0 Å². The minimum absolute atomic E-state index is 0.0354.